The summed E-state index contributed by atoms with van der Waals surface area (Å²) in [6.45, 7) is -17.6. The molecule has 13 nitrogen and oxygen atoms in total. The van der Waals surface area contributed by atoms with Crippen LogP contribution in [-0.2, 0) is 18.9 Å². The van der Waals surface area contributed by atoms with E-state index in [4.69, 9.17) is 18.9 Å². The van der Waals surface area contributed by atoms with Crippen molar-refractivity contribution in [1.29, 1.82) is 0 Å². The minimum absolute atomic E-state index is 0.450. The topological polar surface area (TPSA) is 137 Å². The van der Waals surface area contributed by atoms with E-state index in [9.17, 15) is 228 Å². The number of benzene rings is 2. The Bertz CT molecular complexity index is 3640. The molecule has 0 aliphatic heterocycles. The Hall–Kier alpha value is -7.55. The number of nitrogens with zero attached hydrogens (tertiary/aromatic N) is 3. The van der Waals surface area contributed by atoms with Crippen LogP contribution in [0.1, 0.15) is 31.5 Å². The second-order valence-electron chi connectivity index (χ2n) is 23.9. The average Bonchev–Trinajstić information content (AvgIpc) is 0.726. The fourth-order valence-electron chi connectivity index (χ4n) is 8.38. The Morgan fingerprint density at radius 1 is 0.215 bits per heavy atom. The zero-order valence-corrected chi connectivity index (χ0v) is 57.5. The van der Waals surface area contributed by atoms with Gasteiger partial charge in [-0.1, -0.05) is 0 Å². The lowest BCUT2D eigenvalue weighted by Crippen LogP contribution is -2.70. The number of nitrogens with one attached hydrogen (secondary N) is 2. The van der Waals surface area contributed by atoms with E-state index >= 15 is 0 Å². The summed E-state index contributed by atoms with van der Waals surface area (Å²) < 4.78 is 744. The first-order valence-corrected chi connectivity index (χ1v) is 30.8. The molecular weight excluding hydrogens is 1860 g/mol. The molecule has 0 spiro atoms. The third-order valence-electron chi connectivity index (χ3n) is 15.3. The standard InChI is InChI=1S/C56H43F52N5O8/c1-24-109-31(111-25-2-4-27(118-18-14-114-10-6-33(57,58)37(65,66)41(73,74)45(81,82)49(89,90)53(97,98)99)29(22-25)120-20-16-116-12-8-35(61,62)39(69,70)43(77,78)47(85,86)51(93,94)55(103,104)105)113-32(110-24)112-26-3-5-28(119-19-15-115-11-7-34(59,60)38(67,68)42(75,76)46(83,84)50(91,92)54(100,101)102)30(23-26)121-21-17-117-13-9-36(63,64)40(71,72)44(79,80)48(87,88)52(95,96)56(106,107)108/h2-5,22-23H,6-21H2,1H3,(H2,109,110,111,112,113). The van der Waals surface area contributed by atoms with Crippen LogP contribution >= 0.6 is 0 Å². The molecule has 0 saturated heterocycles. The zero-order valence-electron chi connectivity index (χ0n) is 57.5. The first-order valence-electron chi connectivity index (χ1n) is 30.8. The normalized spacial score (nSPS) is 15.1. The van der Waals surface area contributed by atoms with E-state index in [0.717, 1.165) is 19.1 Å². The highest BCUT2D eigenvalue weighted by atomic mass is 19.5. The molecule has 2 aromatic carbocycles. The molecule has 0 amide bonds. The van der Waals surface area contributed by atoms with Crippen LogP contribution in [-0.4, -0.2) is 237 Å². The maximum absolute atomic E-state index is 14.4. The number of halogens is 52. The van der Waals surface area contributed by atoms with Crippen LogP contribution in [0.15, 0.2) is 36.4 Å². The molecule has 0 unspecified atom stereocenters. The van der Waals surface area contributed by atoms with E-state index in [1.165, 1.54) is 0 Å². The van der Waals surface area contributed by atoms with E-state index in [-0.39, 0.29) is 0 Å². The number of aryl methyl sites for hydroxylation is 1. The SMILES string of the molecule is Cc1nc(Nc2ccc(OCCOCCC(F)(F)C(F)(F)C(F)(F)C(F)(F)C(F)(F)C(F)(F)F)c(OCCOCCC(F)(F)C(F)(F)C(F)(F)C(F)(F)C(F)(F)C(F)(F)F)c2)nc(Nc2ccc(OCCOCCC(F)(F)C(F)(F)C(F)(F)C(F)(F)C(F)(F)C(F)(F)F)c(OCCOCCC(F)(F)C(F)(F)C(F)(F)C(F)(F)C(F)(F)C(F)(F)F)c2)n1. The maximum Gasteiger partial charge on any atom is 0.460 e. The molecule has 0 saturated carbocycles. The Labute approximate surface area is 635 Å². The number of aromatic nitrogens is 3. The third-order valence-corrected chi connectivity index (χ3v) is 15.3. The Morgan fingerprint density at radius 2 is 0.397 bits per heavy atom. The van der Waals surface area contributed by atoms with Gasteiger partial charge in [0.1, 0.15) is 32.3 Å². The van der Waals surface area contributed by atoms with Crippen molar-refractivity contribution in [3.05, 3.63) is 42.2 Å². The monoisotopic (exact) mass is 1900 g/mol. The van der Waals surface area contributed by atoms with Crippen LogP contribution in [0.3, 0.4) is 0 Å². The van der Waals surface area contributed by atoms with Crippen LogP contribution in [0.5, 0.6) is 23.0 Å². The maximum atomic E-state index is 14.4. The molecule has 0 bridgehead atoms. The van der Waals surface area contributed by atoms with Crippen molar-refractivity contribution in [3.63, 3.8) is 0 Å². The lowest BCUT2D eigenvalue weighted by Gasteiger charge is -2.39. The number of anilines is 4. The van der Waals surface area contributed by atoms with Crippen molar-refractivity contribution >= 4 is 23.3 Å². The molecule has 0 atom stereocenters. The predicted molar refractivity (Wildman–Crippen MR) is 291 cm³/mol. The Kier molecular flexibility index (Phi) is 31.5. The molecule has 704 valence electrons. The fraction of sp³-hybridized carbons (Fsp3) is 0.732. The summed E-state index contributed by atoms with van der Waals surface area (Å²) in [4.78, 5) is 11.5. The number of hydrogen-bond donors (Lipinski definition) is 2. The largest absolute Gasteiger partial charge is 0.487 e. The Balaban J connectivity index is 2.01. The number of rotatable bonds is 48. The minimum Gasteiger partial charge on any atom is -0.487 e. The fourth-order valence-corrected chi connectivity index (χ4v) is 8.38. The number of alkyl halides is 52. The molecular formula is C56H43F52N5O8. The molecule has 0 aliphatic rings. The van der Waals surface area contributed by atoms with Crippen molar-refractivity contribution in [1.82, 2.24) is 15.0 Å². The Morgan fingerprint density at radius 3 is 0.587 bits per heavy atom. The van der Waals surface area contributed by atoms with Crippen LogP contribution < -0.4 is 29.6 Å². The summed E-state index contributed by atoms with van der Waals surface area (Å²) in [6.07, 6.45) is -42.9. The van der Waals surface area contributed by atoms with Gasteiger partial charge in [0.05, 0.1) is 52.9 Å². The number of ether oxygens (including phenoxy) is 8. The smallest absolute Gasteiger partial charge is 0.460 e. The van der Waals surface area contributed by atoms with Gasteiger partial charge in [-0.2, -0.15) is 243 Å². The van der Waals surface area contributed by atoms with Gasteiger partial charge in [0, 0.05) is 49.2 Å². The second kappa shape index (κ2) is 35.5. The summed E-state index contributed by atoms with van der Waals surface area (Å²) >= 11 is 0. The summed E-state index contributed by atoms with van der Waals surface area (Å²) in [7, 11) is 0. The summed E-state index contributed by atoms with van der Waals surface area (Å²) in [5.74, 6) is -162. The molecule has 65 heteroatoms. The minimum atomic E-state index is -8.32. The van der Waals surface area contributed by atoms with Gasteiger partial charge in [-0.15, -0.1) is 0 Å². The van der Waals surface area contributed by atoms with Crippen molar-refractivity contribution in [3.8, 4) is 23.0 Å². The first-order chi connectivity index (χ1) is 53.6. The molecule has 121 heavy (non-hydrogen) atoms. The zero-order chi connectivity index (χ0) is 94.9. The van der Waals surface area contributed by atoms with E-state index in [0.29, 0.717) is 24.3 Å². The highest BCUT2D eigenvalue weighted by molar-refractivity contribution is 5.63. The third kappa shape index (κ3) is 20.5. The van der Waals surface area contributed by atoms with Gasteiger partial charge >= 0.3 is 143 Å². The lowest BCUT2D eigenvalue weighted by atomic mass is 9.93. The van der Waals surface area contributed by atoms with Gasteiger partial charge in [-0.05, 0) is 31.2 Å². The van der Waals surface area contributed by atoms with Crippen molar-refractivity contribution in [2.75, 3.05) is 89.9 Å². The summed E-state index contributed by atoms with van der Waals surface area (Å²) in [5, 5.41) is 4.68. The quantitative estimate of drug-likeness (QED) is 0.0410. The van der Waals surface area contributed by atoms with Gasteiger partial charge in [-0.25, -0.2) is 0 Å². The van der Waals surface area contributed by atoms with Crippen molar-refractivity contribution < 1.29 is 266 Å². The van der Waals surface area contributed by atoms with Crippen LogP contribution in [0.4, 0.5) is 252 Å². The van der Waals surface area contributed by atoms with Crippen molar-refractivity contribution in [2.45, 2.75) is 176 Å². The lowest BCUT2D eigenvalue weighted by molar-refractivity contribution is -0.440. The van der Waals surface area contributed by atoms with Crippen LogP contribution in [0.2, 0.25) is 0 Å². The van der Waals surface area contributed by atoms with Crippen LogP contribution in [0.25, 0.3) is 0 Å². The molecule has 0 radical (unpaired) electrons. The highest BCUT2D eigenvalue weighted by Gasteiger charge is 2.95. The predicted octanol–water partition coefficient (Wildman–Crippen LogP) is 21.8. The van der Waals surface area contributed by atoms with E-state index < -0.39 is 300 Å². The first kappa shape index (κ1) is 108. The van der Waals surface area contributed by atoms with E-state index in [1.54, 1.807) is 0 Å². The van der Waals surface area contributed by atoms with Gasteiger partial charge in [0.25, 0.3) is 0 Å². The molecule has 0 fully saturated rings. The van der Waals surface area contributed by atoms with E-state index in [2.05, 4.69) is 44.5 Å². The molecule has 0 aliphatic carbocycles. The van der Waals surface area contributed by atoms with Gasteiger partial charge in [0.2, 0.25) is 11.9 Å². The molecule has 1 aromatic heterocycles. The van der Waals surface area contributed by atoms with Gasteiger partial charge < -0.3 is 48.5 Å². The van der Waals surface area contributed by atoms with Gasteiger partial charge in [-0.3, -0.25) is 0 Å². The number of hydrogen-bond acceptors (Lipinski definition) is 13. The average molecular weight is 1900 g/mol. The molecule has 1 heterocycles. The molecule has 3 aromatic rings. The van der Waals surface area contributed by atoms with E-state index in [1.807, 2.05) is 0 Å². The highest BCUT2D eigenvalue weighted by Crippen LogP contribution is 2.66. The summed E-state index contributed by atoms with van der Waals surface area (Å²) in [5.41, 5.74) is -0.998. The van der Waals surface area contributed by atoms with Crippen LogP contribution in [0, 0.1) is 6.92 Å². The summed E-state index contributed by atoms with van der Waals surface area (Å²) in [6, 6.07) is 4.18. The van der Waals surface area contributed by atoms with Gasteiger partial charge in [0.15, 0.2) is 23.0 Å². The van der Waals surface area contributed by atoms with Crippen molar-refractivity contribution in [2.24, 2.45) is 0 Å². The molecule has 2 N–H and O–H groups in total. The second-order valence-corrected chi connectivity index (χ2v) is 23.9. The molecule has 3 rings (SSSR count).